The molecule has 0 spiro atoms. The summed E-state index contributed by atoms with van der Waals surface area (Å²) < 4.78 is 0. The molecule has 0 N–H and O–H groups in total. The van der Waals surface area contributed by atoms with Gasteiger partial charge in [-0.05, 0) is 55.2 Å². The molecule has 0 aromatic heterocycles. The van der Waals surface area contributed by atoms with Gasteiger partial charge in [0.1, 0.15) is 0 Å². The molecule has 25 heavy (non-hydrogen) atoms. The van der Waals surface area contributed by atoms with E-state index in [-0.39, 0.29) is 0 Å². The van der Waals surface area contributed by atoms with Crippen molar-refractivity contribution in [3.63, 3.8) is 0 Å². The summed E-state index contributed by atoms with van der Waals surface area (Å²) in [5, 5.41) is 0. The Bertz CT molecular complexity index is 721. The molecule has 0 bridgehead atoms. The van der Waals surface area contributed by atoms with E-state index in [0.717, 1.165) is 31.0 Å². The molecule has 1 aromatic rings. The molecule has 1 aromatic carbocycles. The lowest BCUT2D eigenvalue weighted by atomic mass is 10.0. The van der Waals surface area contributed by atoms with Crippen LogP contribution in [-0.2, 0) is 6.42 Å². The molecule has 2 heteroatoms. The third-order valence-electron chi connectivity index (χ3n) is 4.57. The Hall–Kier alpha value is -1.83. The molecule has 4 rings (SSSR count). The highest BCUT2D eigenvalue weighted by Gasteiger charge is 2.31. The topological polar surface area (TPSA) is 15.6 Å². The van der Waals surface area contributed by atoms with Crippen LogP contribution in [0.4, 0.5) is 5.69 Å². The summed E-state index contributed by atoms with van der Waals surface area (Å²) in [6, 6.07) is 6.80. The van der Waals surface area contributed by atoms with Gasteiger partial charge in [0.2, 0.25) is 0 Å². The Morgan fingerprint density at radius 3 is 2.44 bits per heavy atom. The predicted octanol–water partition coefficient (Wildman–Crippen LogP) is 6.23. The predicted molar refractivity (Wildman–Crippen MR) is 110 cm³/mol. The zero-order chi connectivity index (χ0) is 18.2. The molecule has 1 saturated carbocycles. The van der Waals surface area contributed by atoms with E-state index in [1.54, 1.807) is 0 Å². The average molecular weight is 337 g/mol. The van der Waals surface area contributed by atoms with Gasteiger partial charge in [-0.2, -0.15) is 0 Å². The number of hydrogen-bond donors (Lipinski definition) is 0. The molecule has 0 radical (unpaired) electrons. The molecular weight excluding hydrogens is 304 g/mol. The number of nitrogens with zero attached hydrogens (tertiary/aromatic N) is 2. The Labute approximate surface area is 153 Å². The van der Waals surface area contributed by atoms with Gasteiger partial charge in [0, 0.05) is 35.6 Å². The number of fused-ring (bicyclic) bond motifs is 1. The number of aliphatic imine (C=N–C) groups is 1. The lowest BCUT2D eigenvalue weighted by Crippen LogP contribution is -2.19. The van der Waals surface area contributed by atoms with Crippen molar-refractivity contribution < 1.29 is 0 Å². The SMILES string of the molecule is C=C(C1CC1)N1CCc2cc(C3=CCC(C)=N3)ccc21.CC(C)(C)C. The van der Waals surface area contributed by atoms with Crippen molar-refractivity contribution in [1.29, 1.82) is 0 Å². The van der Waals surface area contributed by atoms with Gasteiger partial charge in [-0.15, -0.1) is 0 Å². The molecule has 1 aliphatic carbocycles. The van der Waals surface area contributed by atoms with Gasteiger partial charge in [0.05, 0.1) is 5.70 Å². The molecular formula is C23H32N2. The minimum atomic E-state index is 0.500. The summed E-state index contributed by atoms with van der Waals surface area (Å²) in [5.41, 5.74) is 8.26. The Balaban J connectivity index is 0.000000324. The first-order valence-electron chi connectivity index (χ1n) is 9.56. The van der Waals surface area contributed by atoms with Gasteiger partial charge in [0.15, 0.2) is 0 Å². The van der Waals surface area contributed by atoms with Crippen LogP contribution in [0.3, 0.4) is 0 Å². The van der Waals surface area contributed by atoms with Crippen molar-refractivity contribution in [3.05, 3.63) is 47.7 Å². The summed E-state index contributed by atoms with van der Waals surface area (Å²) in [4.78, 5) is 7.05. The summed E-state index contributed by atoms with van der Waals surface area (Å²) in [5.74, 6) is 0.741. The first kappa shape index (κ1) is 18.0. The Morgan fingerprint density at radius 1 is 1.20 bits per heavy atom. The van der Waals surface area contributed by atoms with Gasteiger partial charge in [0.25, 0.3) is 0 Å². The van der Waals surface area contributed by atoms with Gasteiger partial charge in [-0.25, -0.2) is 0 Å². The van der Waals surface area contributed by atoms with Crippen LogP contribution in [0.5, 0.6) is 0 Å². The van der Waals surface area contributed by atoms with Crippen LogP contribution in [0.15, 0.2) is 41.5 Å². The van der Waals surface area contributed by atoms with Crippen LogP contribution >= 0.6 is 0 Å². The van der Waals surface area contributed by atoms with E-state index in [0.29, 0.717) is 5.41 Å². The number of rotatable bonds is 3. The summed E-state index contributed by atoms with van der Waals surface area (Å²) in [6.45, 7) is 16.2. The fourth-order valence-corrected chi connectivity index (χ4v) is 3.22. The third kappa shape index (κ3) is 4.62. The van der Waals surface area contributed by atoms with Crippen molar-refractivity contribution in [1.82, 2.24) is 0 Å². The standard InChI is InChI=1S/C18H20N2.C5H12/c1-12-3-7-17(19-12)15-6-8-18-16(11-15)9-10-20(18)13(2)14-4-5-14;1-5(2,3)4/h6-8,11,14H,2-5,9-10H2,1H3;1-4H3. The molecule has 3 aliphatic rings. The van der Waals surface area contributed by atoms with Crippen LogP contribution in [0.1, 0.15) is 65.0 Å². The highest BCUT2D eigenvalue weighted by Crippen LogP contribution is 2.42. The van der Waals surface area contributed by atoms with E-state index in [4.69, 9.17) is 0 Å². The van der Waals surface area contributed by atoms with Crippen LogP contribution in [0.2, 0.25) is 0 Å². The summed E-state index contributed by atoms with van der Waals surface area (Å²) in [6.07, 6.45) is 7.00. The lowest BCUT2D eigenvalue weighted by molar-refractivity contribution is 0.469. The second kappa shape index (κ2) is 6.82. The van der Waals surface area contributed by atoms with E-state index in [1.165, 1.54) is 41.1 Å². The zero-order valence-electron chi connectivity index (χ0n) is 16.5. The molecule has 0 saturated heterocycles. The van der Waals surface area contributed by atoms with Crippen molar-refractivity contribution in [2.45, 2.75) is 60.3 Å². The van der Waals surface area contributed by atoms with E-state index in [1.807, 2.05) is 0 Å². The minimum Gasteiger partial charge on any atom is -0.345 e. The maximum atomic E-state index is 4.62. The number of benzene rings is 1. The molecule has 134 valence electrons. The van der Waals surface area contributed by atoms with Crippen molar-refractivity contribution in [3.8, 4) is 0 Å². The van der Waals surface area contributed by atoms with Crippen LogP contribution in [0.25, 0.3) is 5.70 Å². The van der Waals surface area contributed by atoms with E-state index in [2.05, 4.69) is 75.4 Å². The molecule has 0 atom stereocenters. The molecule has 2 aliphatic heterocycles. The fourth-order valence-electron chi connectivity index (χ4n) is 3.22. The highest BCUT2D eigenvalue weighted by molar-refractivity contribution is 5.94. The first-order chi connectivity index (χ1) is 11.7. The van der Waals surface area contributed by atoms with Gasteiger partial charge in [-0.3, -0.25) is 4.99 Å². The second-order valence-corrected chi connectivity index (χ2v) is 9.15. The fraction of sp³-hybridized carbons (Fsp3) is 0.522. The lowest BCUT2D eigenvalue weighted by Gasteiger charge is -2.22. The average Bonchev–Trinajstić information content (AvgIpc) is 3.14. The first-order valence-corrected chi connectivity index (χ1v) is 9.56. The quantitative estimate of drug-likeness (QED) is 0.638. The number of hydrogen-bond acceptors (Lipinski definition) is 2. The normalized spacial score (nSPS) is 19.0. The summed E-state index contributed by atoms with van der Waals surface area (Å²) in [7, 11) is 0. The molecule has 2 heterocycles. The molecule has 0 amide bonds. The maximum absolute atomic E-state index is 4.62. The van der Waals surface area contributed by atoms with Gasteiger partial charge < -0.3 is 4.90 Å². The van der Waals surface area contributed by atoms with Crippen molar-refractivity contribution in [2.24, 2.45) is 16.3 Å². The number of anilines is 1. The van der Waals surface area contributed by atoms with E-state index >= 15 is 0 Å². The largest absolute Gasteiger partial charge is 0.345 e. The van der Waals surface area contributed by atoms with E-state index in [9.17, 15) is 0 Å². The van der Waals surface area contributed by atoms with Crippen molar-refractivity contribution >= 4 is 17.1 Å². The second-order valence-electron chi connectivity index (χ2n) is 9.15. The Kier molecular flexibility index (Phi) is 4.90. The highest BCUT2D eigenvalue weighted by atomic mass is 15.2. The van der Waals surface area contributed by atoms with E-state index < -0.39 is 0 Å². The van der Waals surface area contributed by atoms with Gasteiger partial charge >= 0.3 is 0 Å². The van der Waals surface area contributed by atoms with Gasteiger partial charge in [-0.1, -0.05) is 46.4 Å². The summed E-state index contributed by atoms with van der Waals surface area (Å²) >= 11 is 0. The third-order valence-corrected chi connectivity index (χ3v) is 4.57. The number of allylic oxidation sites excluding steroid dienone is 2. The molecule has 2 nitrogen and oxygen atoms in total. The molecule has 1 fully saturated rings. The Morgan fingerprint density at radius 2 is 1.88 bits per heavy atom. The zero-order valence-corrected chi connectivity index (χ0v) is 16.5. The molecule has 0 unspecified atom stereocenters. The van der Waals surface area contributed by atoms with Crippen LogP contribution in [-0.4, -0.2) is 12.3 Å². The van der Waals surface area contributed by atoms with Crippen LogP contribution in [0, 0.1) is 11.3 Å². The maximum Gasteiger partial charge on any atom is 0.0665 e. The monoisotopic (exact) mass is 336 g/mol. The smallest absolute Gasteiger partial charge is 0.0665 e. The van der Waals surface area contributed by atoms with Crippen molar-refractivity contribution in [2.75, 3.05) is 11.4 Å². The van der Waals surface area contributed by atoms with Crippen LogP contribution < -0.4 is 4.90 Å². The minimum absolute atomic E-state index is 0.500.